The molecule has 1 unspecified atom stereocenters. The summed E-state index contributed by atoms with van der Waals surface area (Å²) in [6, 6.07) is 0. The zero-order valence-electron chi connectivity index (χ0n) is 17.8. The van der Waals surface area contributed by atoms with E-state index >= 15 is 0 Å². The highest BCUT2D eigenvalue weighted by Gasteiger charge is 2.61. The van der Waals surface area contributed by atoms with Crippen molar-refractivity contribution in [2.75, 3.05) is 14.2 Å². The third-order valence-corrected chi connectivity index (χ3v) is 5.03. The number of hydrogen-bond acceptors (Lipinski definition) is 6. The molecule has 0 aromatic rings. The predicted octanol–water partition coefficient (Wildman–Crippen LogP) is 3.49. The summed E-state index contributed by atoms with van der Waals surface area (Å²) < 4.78 is 22.5. The summed E-state index contributed by atoms with van der Waals surface area (Å²) in [7, 11) is 3.11. The molecule has 0 heterocycles. The number of ketones is 1. The van der Waals surface area contributed by atoms with Gasteiger partial charge < -0.3 is 24.1 Å². The van der Waals surface area contributed by atoms with Crippen molar-refractivity contribution in [3.63, 3.8) is 0 Å². The number of Topliss-reactive ketones (excluding diaryl/α,β-unsaturated/α-hetero) is 1. The van der Waals surface area contributed by atoms with E-state index in [4.69, 9.17) is 18.9 Å². The summed E-state index contributed by atoms with van der Waals surface area (Å²) in [6.07, 6.45) is 1.06. The van der Waals surface area contributed by atoms with Crippen molar-refractivity contribution in [2.45, 2.75) is 84.9 Å². The lowest BCUT2D eigenvalue weighted by Crippen LogP contribution is -2.56. The van der Waals surface area contributed by atoms with Gasteiger partial charge in [-0.15, -0.1) is 0 Å². The van der Waals surface area contributed by atoms with E-state index in [2.05, 4.69) is 13.8 Å². The summed E-state index contributed by atoms with van der Waals surface area (Å²) in [5, 5.41) is 11.5. The molecule has 6 heteroatoms. The van der Waals surface area contributed by atoms with E-state index in [1.807, 2.05) is 27.7 Å². The van der Waals surface area contributed by atoms with Crippen LogP contribution in [0.1, 0.15) is 60.8 Å². The summed E-state index contributed by atoms with van der Waals surface area (Å²) >= 11 is 0. The van der Waals surface area contributed by atoms with Gasteiger partial charge >= 0.3 is 0 Å². The van der Waals surface area contributed by atoms with Crippen molar-refractivity contribution in [3.8, 4) is 0 Å². The van der Waals surface area contributed by atoms with Gasteiger partial charge in [0.25, 0.3) is 0 Å². The van der Waals surface area contributed by atoms with E-state index in [1.165, 1.54) is 0 Å². The van der Waals surface area contributed by atoms with Crippen LogP contribution >= 0.6 is 0 Å². The highest BCUT2D eigenvalue weighted by atomic mass is 16.7. The molecule has 27 heavy (non-hydrogen) atoms. The SMILES string of the molecule is COC(OC)C1=C(C2(O)C(=O)C(OC(C)C)=C2OC(C)C)CCC(C)(C)C1. The Morgan fingerprint density at radius 1 is 1.00 bits per heavy atom. The summed E-state index contributed by atoms with van der Waals surface area (Å²) in [4.78, 5) is 13.0. The first kappa shape index (κ1) is 21.9. The Kier molecular flexibility index (Phi) is 6.44. The Bertz CT molecular complexity index is 639. The van der Waals surface area contributed by atoms with E-state index in [1.54, 1.807) is 14.2 Å². The average molecular weight is 382 g/mol. The van der Waals surface area contributed by atoms with Crippen LogP contribution in [0, 0.1) is 5.41 Å². The zero-order chi connectivity index (χ0) is 20.6. The summed E-state index contributed by atoms with van der Waals surface area (Å²) in [5.74, 6) is -0.136. The number of aliphatic hydroxyl groups is 1. The molecule has 154 valence electrons. The quantitative estimate of drug-likeness (QED) is 0.512. The zero-order valence-corrected chi connectivity index (χ0v) is 17.8. The smallest absolute Gasteiger partial charge is 0.244 e. The highest BCUT2D eigenvalue weighted by Crippen LogP contribution is 2.51. The number of ether oxygens (including phenoxy) is 4. The highest BCUT2D eigenvalue weighted by molar-refractivity contribution is 6.12. The van der Waals surface area contributed by atoms with Crippen LogP contribution in [-0.4, -0.2) is 49.2 Å². The third kappa shape index (κ3) is 4.08. The lowest BCUT2D eigenvalue weighted by molar-refractivity contribution is -0.146. The fourth-order valence-corrected chi connectivity index (χ4v) is 3.82. The second-order valence-electron chi connectivity index (χ2n) is 8.68. The van der Waals surface area contributed by atoms with Crippen molar-refractivity contribution >= 4 is 5.78 Å². The second kappa shape index (κ2) is 7.94. The third-order valence-electron chi connectivity index (χ3n) is 5.03. The molecule has 6 nitrogen and oxygen atoms in total. The van der Waals surface area contributed by atoms with Gasteiger partial charge in [-0.25, -0.2) is 0 Å². The second-order valence-corrected chi connectivity index (χ2v) is 8.68. The maximum Gasteiger partial charge on any atom is 0.244 e. The average Bonchev–Trinajstić information content (AvgIpc) is 2.57. The van der Waals surface area contributed by atoms with Crippen LogP contribution in [0.25, 0.3) is 0 Å². The predicted molar refractivity (Wildman–Crippen MR) is 102 cm³/mol. The van der Waals surface area contributed by atoms with E-state index in [9.17, 15) is 9.90 Å². The molecule has 0 aromatic carbocycles. The number of carbonyl (C=O) groups is 1. The van der Waals surface area contributed by atoms with Crippen molar-refractivity contribution in [1.29, 1.82) is 0 Å². The van der Waals surface area contributed by atoms with Gasteiger partial charge in [-0.05, 0) is 63.5 Å². The molecule has 0 aromatic heterocycles. The molecule has 0 amide bonds. The first-order chi connectivity index (χ1) is 12.5. The summed E-state index contributed by atoms with van der Waals surface area (Å²) in [6.45, 7) is 11.7. The van der Waals surface area contributed by atoms with Crippen molar-refractivity contribution in [2.24, 2.45) is 5.41 Å². The minimum atomic E-state index is -1.81. The van der Waals surface area contributed by atoms with Gasteiger partial charge in [0.2, 0.25) is 17.1 Å². The van der Waals surface area contributed by atoms with Gasteiger partial charge in [-0.2, -0.15) is 0 Å². The summed E-state index contributed by atoms with van der Waals surface area (Å²) in [5.41, 5.74) is -0.361. The molecule has 0 saturated carbocycles. The Morgan fingerprint density at radius 2 is 1.56 bits per heavy atom. The van der Waals surface area contributed by atoms with Crippen LogP contribution in [0.5, 0.6) is 0 Å². The molecule has 2 rings (SSSR count). The van der Waals surface area contributed by atoms with Crippen LogP contribution in [0.2, 0.25) is 0 Å². The minimum Gasteiger partial charge on any atom is -0.487 e. The Balaban J connectivity index is 2.59. The monoisotopic (exact) mass is 382 g/mol. The van der Waals surface area contributed by atoms with Crippen LogP contribution in [0.4, 0.5) is 0 Å². The van der Waals surface area contributed by atoms with Crippen molar-refractivity contribution in [3.05, 3.63) is 22.7 Å². The number of rotatable bonds is 8. The van der Waals surface area contributed by atoms with Crippen LogP contribution in [-0.2, 0) is 23.7 Å². The molecule has 0 aliphatic heterocycles. The number of methoxy groups -OCH3 is 2. The number of carbonyl (C=O) groups excluding carboxylic acids is 1. The number of hydrogen-bond donors (Lipinski definition) is 1. The lowest BCUT2D eigenvalue weighted by atomic mass is 9.65. The van der Waals surface area contributed by atoms with E-state index < -0.39 is 17.7 Å². The van der Waals surface area contributed by atoms with Gasteiger partial charge in [-0.1, -0.05) is 13.8 Å². The molecule has 0 bridgehead atoms. The molecule has 2 aliphatic rings. The maximum absolute atomic E-state index is 13.0. The van der Waals surface area contributed by atoms with Gasteiger partial charge in [0.05, 0.1) is 12.2 Å². The molecule has 0 spiro atoms. The van der Waals surface area contributed by atoms with Crippen molar-refractivity contribution < 1.29 is 28.8 Å². The first-order valence-corrected chi connectivity index (χ1v) is 9.61. The lowest BCUT2D eigenvalue weighted by Gasteiger charge is -2.45. The molecular weight excluding hydrogens is 348 g/mol. The van der Waals surface area contributed by atoms with Gasteiger partial charge in [0.1, 0.15) is 0 Å². The molecule has 0 fully saturated rings. The molecule has 1 N–H and O–H groups in total. The fraction of sp³-hybridized carbons (Fsp3) is 0.762. The van der Waals surface area contributed by atoms with Gasteiger partial charge in [-0.3, -0.25) is 4.79 Å². The first-order valence-electron chi connectivity index (χ1n) is 9.61. The Labute approximate surface area is 162 Å². The van der Waals surface area contributed by atoms with E-state index in [0.717, 1.165) is 12.0 Å². The van der Waals surface area contributed by atoms with E-state index in [-0.39, 0.29) is 29.1 Å². The Hall–Kier alpha value is -1.37. The van der Waals surface area contributed by atoms with Gasteiger partial charge in [0.15, 0.2) is 12.0 Å². The molecule has 1 atom stereocenters. The largest absolute Gasteiger partial charge is 0.487 e. The van der Waals surface area contributed by atoms with Crippen LogP contribution in [0.15, 0.2) is 22.7 Å². The molecule has 0 radical (unpaired) electrons. The normalized spacial score (nSPS) is 25.6. The van der Waals surface area contributed by atoms with Gasteiger partial charge in [0, 0.05) is 14.2 Å². The topological polar surface area (TPSA) is 74.2 Å². The molecule has 2 aliphatic carbocycles. The molecule has 0 saturated heterocycles. The maximum atomic E-state index is 13.0. The van der Waals surface area contributed by atoms with Crippen LogP contribution in [0.3, 0.4) is 0 Å². The minimum absolute atomic E-state index is 0.0251. The fourth-order valence-electron chi connectivity index (χ4n) is 3.82. The van der Waals surface area contributed by atoms with E-state index in [0.29, 0.717) is 18.4 Å². The standard InChI is InChI=1S/C21H34O6/c1-12(2)26-16-17(22)21(23,18(16)27-13(3)4)15-9-10-20(5,6)11-14(15)19(24-7)25-8/h12-13,19,23H,9-11H2,1-8H3. The Morgan fingerprint density at radius 3 is 2.04 bits per heavy atom. The van der Waals surface area contributed by atoms with Crippen LogP contribution < -0.4 is 0 Å². The van der Waals surface area contributed by atoms with Crippen molar-refractivity contribution in [1.82, 2.24) is 0 Å². The molecular formula is C21H34O6.